The van der Waals surface area contributed by atoms with E-state index in [1.807, 2.05) is 122 Å². The molecule has 1 unspecified atom stereocenters. The number of rotatable bonds is 15. The maximum absolute atomic E-state index is 15.1. The van der Waals surface area contributed by atoms with Gasteiger partial charge in [0, 0.05) is 42.9 Å². The molecule has 3 aliphatic rings. The molecule has 3 fully saturated rings. The number of pyridine rings is 1. The summed E-state index contributed by atoms with van der Waals surface area (Å²) in [6, 6.07) is 26.9. The van der Waals surface area contributed by atoms with E-state index in [0.717, 1.165) is 16.5 Å². The number of aromatic nitrogens is 1. The number of methoxy groups -OCH3 is 1. The van der Waals surface area contributed by atoms with E-state index in [-0.39, 0.29) is 43.8 Å². The zero-order valence-electron chi connectivity index (χ0n) is 49.2. The topological polar surface area (TPSA) is 188 Å². The van der Waals surface area contributed by atoms with Gasteiger partial charge in [-0.2, -0.15) is 0 Å². The lowest BCUT2D eigenvalue weighted by Gasteiger charge is -2.50. The summed E-state index contributed by atoms with van der Waals surface area (Å²) >= 11 is 0. The maximum Gasteiger partial charge on any atom is 0.338 e. The second kappa shape index (κ2) is 26.7. The number of carbonyl (C=O) groups excluding carboxylic acids is 4. The highest BCUT2D eigenvalue weighted by Gasteiger charge is 2.55. The number of esters is 3. The van der Waals surface area contributed by atoms with Gasteiger partial charge in [-0.05, 0) is 123 Å². The summed E-state index contributed by atoms with van der Waals surface area (Å²) in [7, 11) is 5.36. The first kappa shape index (κ1) is 62.2. The van der Waals surface area contributed by atoms with Crippen LogP contribution in [-0.2, 0) is 52.2 Å². The Balaban J connectivity index is 1.36. The number of fused-ring (bicyclic) bond motifs is 1. The van der Waals surface area contributed by atoms with Crippen LogP contribution in [0.4, 0.5) is 0 Å². The molecule has 0 bridgehead atoms. The first-order valence-corrected chi connectivity index (χ1v) is 28.4. The number of likely N-dealkylation sites (N-methyl/N-ethyl adjacent to an activating group) is 1. The highest BCUT2D eigenvalue weighted by atomic mass is 16.7. The summed E-state index contributed by atoms with van der Waals surface area (Å²) in [5.74, 6) is -5.89. The Morgan fingerprint density at radius 3 is 2.02 bits per heavy atom. The van der Waals surface area contributed by atoms with Crippen molar-refractivity contribution in [3.05, 3.63) is 120 Å². The Labute approximate surface area is 473 Å². The second-order valence-electron chi connectivity index (χ2n) is 23.4. The van der Waals surface area contributed by atoms with Crippen LogP contribution in [-0.4, -0.2) is 145 Å². The zero-order valence-corrected chi connectivity index (χ0v) is 49.2. The van der Waals surface area contributed by atoms with Gasteiger partial charge in [0.2, 0.25) is 0 Å². The molecule has 16 nitrogen and oxygen atoms in total. The predicted molar refractivity (Wildman–Crippen MR) is 303 cm³/mol. The Kier molecular flexibility index (Phi) is 20.7. The molecule has 4 heterocycles. The zero-order chi connectivity index (χ0) is 58.3. The number of hydrogen-bond acceptors (Lipinski definition) is 16. The molecule has 1 N–H and O–H groups in total. The minimum Gasteiger partial charge on any atom is -0.459 e. The summed E-state index contributed by atoms with van der Waals surface area (Å²) in [4.78, 5) is 64.4. The minimum atomic E-state index is -1.63. The Hall–Kier alpha value is -5.43. The fourth-order valence-corrected chi connectivity index (χ4v) is 12.2. The van der Waals surface area contributed by atoms with Crippen LogP contribution in [0.2, 0.25) is 0 Å². The lowest BCUT2D eigenvalue weighted by Crippen LogP contribution is -2.62. The van der Waals surface area contributed by atoms with Crippen LogP contribution < -0.4 is 0 Å². The number of nitrogens with zero attached hydrogens (tertiary/aromatic N) is 2. The number of cyclic esters (lactones) is 1. The van der Waals surface area contributed by atoms with E-state index in [0.29, 0.717) is 17.5 Å². The summed E-state index contributed by atoms with van der Waals surface area (Å²) in [6.45, 7) is 20.0. The molecule has 0 saturated carbocycles. The summed E-state index contributed by atoms with van der Waals surface area (Å²) in [5, 5.41) is 13.3. The summed E-state index contributed by atoms with van der Waals surface area (Å²) in [5.41, 5.74) is -1.78. The minimum absolute atomic E-state index is 0.0337. The third-order valence-electron chi connectivity index (χ3n) is 17.3. The van der Waals surface area contributed by atoms with Crippen LogP contribution in [0.25, 0.3) is 17.0 Å². The van der Waals surface area contributed by atoms with E-state index in [1.54, 1.807) is 82.4 Å². The average Bonchev–Trinajstić information content (AvgIpc) is 3.44. The number of aliphatic hydroxyl groups is 1. The largest absolute Gasteiger partial charge is 0.459 e. The van der Waals surface area contributed by atoms with Gasteiger partial charge in [0.15, 0.2) is 24.8 Å². The van der Waals surface area contributed by atoms with E-state index in [1.165, 1.54) is 7.11 Å². The number of hydrogen-bond donors (Lipinski definition) is 1. The molecule has 1 aromatic heterocycles. The van der Waals surface area contributed by atoms with Crippen LogP contribution in [0.3, 0.4) is 0 Å². The number of carbonyl (C=O) groups is 4. The molecule has 16 heteroatoms. The molecule has 3 aromatic carbocycles. The van der Waals surface area contributed by atoms with Gasteiger partial charge >= 0.3 is 17.9 Å². The van der Waals surface area contributed by atoms with Crippen LogP contribution in [0.15, 0.2) is 103 Å². The van der Waals surface area contributed by atoms with Crippen LogP contribution >= 0.6 is 0 Å². The van der Waals surface area contributed by atoms with E-state index < -0.39 is 114 Å². The number of benzene rings is 3. The molecule has 0 spiro atoms. The quantitative estimate of drug-likeness (QED) is 0.0874. The summed E-state index contributed by atoms with van der Waals surface area (Å²) in [6.07, 6.45) is -2.07. The predicted octanol–water partition coefficient (Wildman–Crippen LogP) is 10.1. The average molecular weight is 1110 g/mol. The molecule has 80 heavy (non-hydrogen) atoms. The van der Waals surface area contributed by atoms with Crippen molar-refractivity contribution in [2.45, 2.75) is 180 Å². The number of ketones is 1. The molecule has 436 valence electrons. The van der Waals surface area contributed by atoms with Crippen molar-refractivity contribution in [1.82, 2.24) is 9.88 Å². The SMILES string of the molecule is CC[C@H]1OC(=O)[C@H](C)[C@@H](OC2C[C@@](C)(OC)[C@@H](OC(=O)c3ccccc3)[C@H](C)O2)[C@H](C)[C@@H](O[C@@H]2O[C@H](C)C[C@H](N(C)C)[C@H]2OC(=O)c2ccccc2)[C@@](C)(OCC=Cc2cnc3ccccc3c2)C[C@@H](C)C(=O)[C@H](C)[C@@H](C)[C@]1(C)O. The van der Waals surface area contributed by atoms with Crippen molar-refractivity contribution in [2.75, 3.05) is 27.8 Å². The van der Waals surface area contributed by atoms with E-state index in [4.69, 9.17) is 42.6 Å². The fourth-order valence-electron chi connectivity index (χ4n) is 12.2. The molecule has 3 saturated heterocycles. The standard InChI is InChI=1S/C64H86N2O14/c1-15-51-64(11,71)43(7)40(4)53(67)38(2)35-63(10,73-32-24-25-45-34-48-30-22-23-31-49(48)65-37-45)56(80-61-55(50(66(12)13)33-39(3)74-61)78-59(69)46-26-18-16-19-27-46)41(5)54(42(6)58(68)76-51)77-52-36-62(9,72-14)57(44(8)75-52)79-60(70)47-28-20-17-21-29-47/h16-31,34,37-44,50-52,54-57,61,71H,15,32-33,35-36H2,1-14H3/t38-,39-,40-,41+,42-,43-,44+,50+,51-,52?,54+,55-,56-,57+,61+,62-,63+,64+/m1/s1. The Morgan fingerprint density at radius 2 is 1.40 bits per heavy atom. The molecule has 18 atom stereocenters. The second-order valence-corrected chi connectivity index (χ2v) is 23.4. The van der Waals surface area contributed by atoms with Crippen molar-refractivity contribution in [3.63, 3.8) is 0 Å². The highest BCUT2D eigenvalue weighted by Crippen LogP contribution is 2.44. The maximum atomic E-state index is 15.1. The lowest BCUT2D eigenvalue weighted by molar-refractivity contribution is -0.319. The van der Waals surface area contributed by atoms with Crippen LogP contribution in [0.5, 0.6) is 0 Å². The van der Waals surface area contributed by atoms with Gasteiger partial charge < -0.3 is 52.6 Å². The van der Waals surface area contributed by atoms with Gasteiger partial charge in [0.1, 0.15) is 23.1 Å². The normalized spacial score (nSPS) is 35.8. The van der Waals surface area contributed by atoms with Gasteiger partial charge in [-0.25, -0.2) is 9.59 Å². The van der Waals surface area contributed by atoms with Gasteiger partial charge in [0.05, 0.1) is 65.2 Å². The third kappa shape index (κ3) is 14.2. The monoisotopic (exact) mass is 1110 g/mol. The first-order valence-electron chi connectivity index (χ1n) is 28.4. The van der Waals surface area contributed by atoms with Crippen LogP contribution in [0, 0.1) is 29.6 Å². The highest BCUT2D eigenvalue weighted by molar-refractivity contribution is 5.90. The molecule has 7 rings (SSSR count). The van der Waals surface area contributed by atoms with Gasteiger partial charge in [-0.3, -0.25) is 14.6 Å². The Morgan fingerprint density at radius 1 is 0.775 bits per heavy atom. The van der Waals surface area contributed by atoms with Gasteiger partial charge in [-0.1, -0.05) is 101 Å². The molecule has 0 radical (unpaired) electrons. The van der Waals surface area contributed by atoms with Gasteiger partial charge in [0.25, 0.3) is 0 Å². The fraction of sp³-hybridized carbons (Fsp3) is 0.578. The Bertz CT molecular complexity index is 2740. The van der Waals surface area contributed by atoms with Crippen LogP contribution in [0.1, 0.15) is 128 Å². The molecule has 4 aromatic rings. The molecular formula is C64H86N2O14. The number of ether oxygens (including phenoxy) is 9. The number of para-hydroxylation sites is 1. The molecule has 0 amide bonds. The van der Waals surface area contributed by atoms with Crippen molar-refractivity contribution >= 4 is 40.7 Å². The van der Waals surface area contributed by atoms with E-state index in [2.05, 4.69) is 4.98 Å². The van der Waals surface area contributed by atoms with Crippen molar-refractivity contribution in [2.24, 2.45) is 29.6 Å². The first-order chi connectivity index (χ1) is 37.9. The smallest absolute Gasteiger partial charge is 0.338 e. The summed E-state index contributed by atoms with van der Waals surface area (Å²) < 4.78 is 60.5. The molecule has 3 aliphatic heterocycles. The van der Waals surface area contributed by atoms with Gasteiger partial charge in [-0.15, -0.1) is 0 Å². The van der Waals surface area contributed by atoms with E-state index >= 15 is 4.79 Å². The number of Topliss-reactive ketones (excluding diaryl/α,β-unsaturated/α-hetero) is 1. The van der Waals surface area contributed by atoms with E-state index in [9.17, 15) is 19.5 Å². The molecule has 0 aliphatic carbocycles. The third-order valence-corrected chi connectivity index (χ3v) is 17.3. The van der Waals surface area contributed by atoms with Crippen molar-refractivity contribution in [1.29, 1.82) is 0 Å². The molecular weight excluding hydrogens is 1020 g/mol. The van der Waals surface area contributed by atoms with Crippen molar-refractivity contribution in [3.8, 4) is 0 Å². The van der Waals surface area contributed by atoms with Crippen molar-refractivity contribution < 1.29 is 66.9 Å². The lowest BCUT2D eigenvalue weighted by atomic mass is 9.71.